The molecule has 2 rings (SSSR count). The molecule has 0 aliphatic rings. The quantitative estimate of drug-likeness (QED) is 0.693. The molecule has 2 aromatic rings. The summed E-state index contributed by atoms with van der Waals surface area (Å²) in [6, 6.07) is 7.60. The molecule has 0 fully saturated rings. The minimum absolute atomic E-state index is 0.836. The van der Waals surface area contributed by atoms with Crippen molar-refractivity contribution in [3.63, 3.8) is 0 Å². The highest BCUT2D eigenvalue weighted by atomic mass is 16.5. The molecule has 1 aromatic carbocycles. The maximum atomic E-state index is 5.16. The molecule has 0 unspecified atom stereocenters. The lowest BCUT2D eigenvalue weighted by Crippen LogP contribution is -1.87. The van der Waals surface area contributed by atoms with Gasteiger partial charge >= 0.3 is 0 Å². The first-order valence-electron chi connectivity index (χ1n) is 4.66. The van der Waals surface area contributed by atoms with Gasteiger partial charge in [-0.25, -0.2) is 0 Å². The molecule has 0 amide bonds. The van der Waals surface area contributed by atoms with Crippen LogP contribution in [0.1, 0.15) is 13.8 Å². The Morgan fingerprint density at radius 3 is 2.64 bits per heavy atom. The summed E-state index contributed by atoms with van der Waals surface area (Å²) < 4.78 is 5.16. The Labute approximate surface area is 83.7 Å². The highest BCUT2D eigenvalue weighted by molar-refractivity contribution is 5.84. The van der Waals surface area contributed by atoms with Crippen LogP contribution in [0.4, 0.5) is 0 Å². The van der Waals surface area contributed by atoms with Crippen LogP contribution in [-0.2, 0) is 0 Å². The van der Waals surface area contributed by atoms with Crippen LogP contribution in [0.25, 0.3) is 10.9 Å². The number of methoxy groups -OCH3 is 1. The molecule has 0 radical (unpaired) electrons. The second kappa shape index (κ2) is 5.17. The van der Waals surface area contributed by atoms with Crippen molar-refractivity contribution in [2.45, 2.75) is 13.8 Å². The van der Waals surface area contributed by atoms with E-state index in [0.717, 1.165) is 16.7 Å². The fourth-order valence-corrected chi connectivity index (χ4v) is 1.17. The van der Waals surface area contributed by atoms with Crippen molar-refractivity contribution in [3.8, 4) is 5.75 Å². The summed E-state index contributed by atoms with van der Waals surface area (Å²) in [5.41, 5.74) is 0.858. The van der Waals surface area contributed by atoms with Crippen LogP contribution in [0, 0.1) is 0 Å². The van der Waals surface area contributed by atoms with E-state index in [4.69, 9.17) is 4.74 Å². The average molecular weight is 190 g/mol. The number of fused-ring (bicyclic) bond motifs is 1. The fourth-order valence-electron chi connectivity index (χ4n) is 1.17. The second-order valence-electron chi connectivity index (χ2n) is 2.42. The lowest BCUT2D eigenvalue weighted by atomic mass is 10.2. The summed E-state index contributed by atoms with van der Waals surface area (Å²) in [4.78, 5) is 0. The van der Waals surface area contributed by atoms with Crippen LogP contribution in [0.15, 0.2) is 30.5 Å². The first-order valence-corrected chi connectivity index (χ1v) is 4.66. The SMILES string of the molecule is CC.COc1cccc2nnccc12. The van der Waals surface area contributed by atoms with Crippen molar-refractivity contribution in [2.24, 2.45) is 0 Å². The van der Waals surface area contributed by atoms with E-state index in [1.165, 1.54) is 0 Å². The Morgan fingerprint density at radius 2 is 1.93 bits per heavy atom. The Bertz CT molecular complexity index is 396. The van der Waals surface area contributed by atoms with Crippen LogP contribution in [0.5, 0.6) is 5.75 Å². The predicted molar refractivity (Wildman–Crippen MR) is 57.4 cm³/mol. The van der Waals surface area contributed by atoms with Crippen molar-refractivity contribution in [1.82, 2.24) is 10.2 Å². The zero-order valence-electron chi connectivity index (χ0n) is 8.69. The maximum absolute atomic E-state index is 5.16. The Balaban J connectivity index is 0.000000461. The van der Waals surface area contributed by atoms with E-state index in [1.54, 1.807) is 13.3 Å². The number of nitrogens with zero attached hydrogens (tertiary/aromatic N) is 2. The standard InChI is InChI=1S/C9H8N2O.C2H6/c1-12-9-4-2-3-8-7(9)5-6-10-11-8;1-2/h2-6H,1H3;1-2H3. The largest absolute Gasteiger partial charge is 0.496 e. The van der Waals surface area contributed by atoms with Crippen molar-refractivity contribution in [3.05, 3.63) is 30.5 Å². The number of benzene rings is 1. The lowest BCUT2D eigenvalue weighted by Gasteiger charge is -2.01. The molecule has 0 spiro atoms. The van der Waals surface area contributed by atoms with Crippen LogP contribution in [0.2, 0.25) is 0 Å². The van der Waals surface area contributed by atoms with Gasteiger partial charge < -0.3 is 4.74 Å². The predicted octanol–water partition coefficient (Wildman–Crippen LogP) is 2.66. The van der Waals surface area contributed by atoms with Crippen molar-refractivity contribution >= 4 is 10.9 Å². The fraction of sp³-hybridized carbons (Fsp3) is 0.273. The molecular formula is C11H14N2O. The van der Waals surface area contributed by atoms with E-state index in [-0.39, 0.29) is 0 Å². The molecule has 0 N–H and O–H groups in total. The molecule has 1 aromatic heterocycles. The van der Waals surface area contributed by atoms with Gasteiger partial charge in [0.25, 0.3) is 0 Å². The first kappa shape index (κ1) is 10.4. The molecule has 0 bridgehead atoms. The van der Waals surface area contributed by atoms with Gasteiger partial charge in [-0.3, -0.25) is 0 Å². The van der Waals surface area contributed by atoms with Gasteiger partial charge in [0.2, 0.25) is 0 Å². The summed E-state index contributed by atoms with van der Waals surface area (Å²) in [7, 11) is 1.65. The van der Waals surface area contributed by atoms with E-state index in [9.17, 15) is 0 Å². The van der Waals surface area contributed by atoms with E-state index in [1.807, 2.05) is 38.1 Å². The number of hydrogen-bond donors (Lipinski definition) is 0. The van der Waals surface area contributed by atoms with Crippen LogP contribution in [0.3, 0.4) is 0 Å². The monoisotopic (exact) mass is 190 g/mol. The zero-order valence-corrected chi connectivity index (χ0v) is 8.69. The van der Waals surface area contributed by atoms with E-state index < -0.39 is 0 Å². The van der Waals surface area contributed by atoms with Crippen molar-refractivity contribution in [2.75, 3.05) is 7.11 Å². The molecule has 0 saturated heterocycles. The summed E-state index contributed by atoms with van der Waals surface area (Å²) in [6.07, 6.45) is 1.66. The highest BCUT2D eigenvalue weighted by Crippen LogP contribution is 2.21. The third-order valence-electron chi connectivity index (χ3n) is 1.74. The number of rotatable bonds is 1. The van der Waals surface area contributed by atoms with E-state index in [2.05, 4.69) is 10.2 Å². The average Bonchev–Trinajstić information content (AvgIpc) is 2.31. The molecule has 1 heterocycles. The van der Waals surface area contributed by atoms with Crippen molar-refractivity contribution in [1.29, 1.82) is 0 Å². The molecule has 0 aliphatic heterocycles. The molecule has 74 valence electrons. The lowest BCUT2D eigenvalue weighted by molar-refractivity contribution is 0.419. The van der Waals surface area contributed by atoms with Crippen molar-refractivity contribution < 1.29 is 4.74 Å². The highest BCUT2D eigenvalue weighted by Gasteiger charge is 1.99. The smallest absolute Gasteiger partial charge is 0.128 e. The summed E-state index contributed by atoms with van der Waals surface area (Å²) >= 11 is 0. The third kappa shape index (κ3) is 1.99. The van der Waals surface area contributed by atoms with Gasteiger partial charge in [-0.1, -0.05) is 19.9 Å². The topological polar surface area (TPSA) is 35.0 Å². The van der Waals surface area contributed by atoms with Gasteiger partial charge in [-0.05, 0) is 18.2 Å². The number of aromatic nitrogens is 2. The first-order chi connectivity index (χ1) is 6.92. The number of hydrogen-bond acceptors (Lipinski definition) is 3. The molecular weight excluding hydrogens is 176 g/mol. The second-order valence-corrected chi connectivity index (χ2v) is 2.42. The minimum Gasteiger partial charge on any atom is -0.496 e. The van der Waals surface area contributed by atoms with Crippen LogP contribution in [-0.4, -0.2) is 17.3 Å². The molecule has 14 heavy (non-hydrogen) atoms. The van der Waals surface area contributed by atoms with Crippen LogP contribution < -0.4 is 4.74 Å². The molecule has 0 saturated carbocycles. The molecule has 0 aliphatic carbocycles. The molecule has 0 atom stereocenters. The molecule has 3 heteroatoms. The van der Waals surface area contributed by atoms with Gasteiger partial charge in [0.05, 0.1) is 18.8 Å². The maximum Gasteiger partial charge on any atom is 0.128 e. The Morgan fingerprint density at radius 1 is 1.14 bits per heavy atom. The normalized spacial score (nSPS) is 9.07. The third-order valence-corrected chi connectivity index (χ3v) is 1.74. The van der Waals surface area contributed by atoms with Gasteiger partial charge in [0, 0.05) is 5.39 Å². The van der Waals surface area contributed by atoms with Gasteiger partial charge in [0.15, 0.2) is 0 Å². The van der Waals surface area contributed by atoms with E-state index in [0.29, 0.717) is 0 Å². The van der Waals surface area contributed by atoms with Gasteiger partial charge in [-0.2, -0.15) is 10.2 Å². The zero-order chi connectivity index (χ0) is 10.4. The Hall–Kier alpha value is -1.64. The van der Waals surface area contributed by atoms with Crippen LogP contribution >= 0.6 is 0 Å². The van der Waals surface area contributed by atoms with Gasteiger partial charge in [0.1, 0.15) is 5.75 Å². The summed E-state index contributed by atoms with van der Waals surface area (Å²) in [5, 5.41) is 8.74. The summed E-state index contributed by atoms with van der Waals surface area (Å²) in [5.74, 6) is 0.836. The summed E-state index contributed by atoms with van der Waals surface area (Å²) in [6.45, 7) is 4.00. The Kier molecular flexibility index (Phi) is 3.85. The minimum atomic E-state index is 0.836. The van der Waals surface area contributed by atoms with Gasteiger partial charge in [-0.15, -0.1) is 0 Å². The van der Waals surface area contributed by atoms with E-state index >= 15 is 0 Å². The number of ether oxygens (including phenoxy) is 1. The molecule has 3 nitrogen and oxygen atoms in total.